The van der Waals surface area contributed by atoms with Crippen molar-refractivity contribution in [2.45, 2.75) is 59.0 Å². The van der Waals surface area contributed by atoms with Crippen LogP contribution in [0.4, 0.5) is 0 Å². The van der Waals surface area contributed by atoms with Gasteiger partial charge >= 0.3 is 5.97 Å². The second-order valence-corrected chi connectivity index (χ2v) is 8.16. The molecular weight excluding hydrogens is 280 g/mol. The van der Waals surface area contributed by atoms with E-state index in [-0.39, 0.29) is 34.6 Å². The van der Waals surface area contributed by atoms with Gasteiger partial charge < -0.3 is 9.47 Å². The second kappa shape index (κ2) is 5.33. The normalized spacial score (nSPS) is 43.4. The van der Waals surface area contributed by atoms with Gasteiger partial charge in [-0.2, -0.15) is 0 Å². The van der Waals surface area contributed by atoms with Crippen LogP contribution in [0, 0.1) is 29.1 Å². The first-order chi connectivity index (χ1) is 10.3. The summed E-state index contributed by atoms with van der Waals surface area (Å²) in [7, 11) is 0. The average molecular weight is 308 g/mol. The lowest BCUT2D eigenvalue weighted by molar-refractivity contribution is -0.175. The van der Waals surface area contributed by atoms with Crippen molar-refractivity contribution in [3.05, 3.63) is 0 Å². The monoisotopic (exact) mass is 308 g/mol. The molecule has 2 unspecified atom stereocenters. The maximum atomic E-state index is 12.8. The van der Waals surface area contributed by atoms with Gasteiger partial charge in [0.2, 0.25) is 0 Å². The van der Waals surface area contributed by atoms with Crippen LogP contribution in [0.3, 0.4) is 0 Å². The van der Waals surface area contributed by atoms with E-state index in [1.165, 1.54) is 0 Å². The molecule has 1 heterocycles. The van der Waals surface area contributed by atoms with Crippen molar-refractivity contribution in [2.24, 2.45) is 29.1 Å². The first-order valence-electron chi connectivity index (χ1n) is 8.62. The zero-order chi connectivity index (χ0) is 16.1. The van der Waals surface area contributed by atoms with Crippen LogP contribution in [-0.4, -0.2) is 30.6 Å². The lowest BCUT2D eigenvalue weighted by atomic mass is 9.57. The number of ether oxygens (including phenoxy) is 2. The van der Waals surface area contributed by atoms with Crippen LogP contribution in [-0.2, 0) is 19.1 Å². The number of Topliss-reactive ketones (excluding diaryl/α,β-unsaturated/α-hetero) is 1. The van der Waals surface area contributed by atoms with Crippen LogP contribution >= 0.6 is 0 Å². The smallest absolute Gasteiger partial charge is 0.309 e. The summed E-state index contributed by atoms with van der Waals surface area (Å²) in [4.78, 5) is 25.2. The maximum absolute atomic E-state index is 12.8. The average Bonchev–Trinajstić information content (AvgIpc) is 2.52. The second-order valence-electron chi connectivity index (χ2n) is 8.16. The van der Waals surface area contributed by atoms with Crippen LogP contribution in [0.1, 0.15) is 53.4 Å². The fourth-order valence-electron chi connectivity index (χ4n) is 5.16. The van der Waals surface area contributed by atoms with E-state index < -0.39 is 0 Å². The molecule has 4 nitrogen and oxygen atoms in total. The van der Waals surface area contributed by atoms with Gasteiger partial charge in [0.05, 0.1) is 24.7 Å². The Morgan fingerprint density at radius 3 is 2.77 bits per heavy atom. The van der Waals surface area contributed by atoms with Crippen LogP contribution < -0.4 is 0 Å². The quantitative estimate of drug-likeness (QED) is 0.736. The van der Waals surface area contributed by atoms with Crippen molar-refractivity contribution in [2.75, 3.05) is 13.2 Å². The fraction of sp³-hybridized carbons (Fsp3) is 0.889. The minimum absolute atomic E-state index is 0.0305. The summed E-state index contributed by atoms with van der Waals surface area (Å²) in [6.45, 7) is 9.20. The Kier molecular flexibility index (Phi) is 3.87. The summed E-state index contributed by atoms with van der Waals surface area (Å²) in [5.41, 5.74) is -0.266. The van der Waals surface area contributed by atoms with Crippen molar-refractivity contribution < 1.29 is 19.1 Å². The van der Waals surface area contributed by atoms with Crippen molar-refractivity contribution in [3.63, 3.8) is 0 Å². The lowest BCUT2D eigenvalue weighted by Gasteiger charge is -2.53. The van der Waals surface area contributed by atoms with Gasteiger partial charge in [0, 0.05) is 12.3 Å². The van der Waals surface area contributed by atoms with Crippen LogP contribution in [0.15, 0.2) is 0 Å². The maximum Gasteiger partial charge on any atom is 0.309 e. The number of hydrogen-bond donors (Lipinski definition) is 0. The lowest BCUT2D eigenvalue weighted by Crippen LogP contribution is -2.53. The Hall–Kier alpha value is -0.900. The van der Waals surface area contributed by atoms with Gasteiger partial charge in [-0.3, -0.25) is 9.59 Å². The van der Waals surface area contributed by atoms with Crippen molar-refractivity contribution in [3.8, 4) is 0 Å². The standard InChI is InChI=1S/C18H28O4/c1-5-21-16(20)14-8-15(19)12-10-22-17(2,3)13-6-7-18(14,4)9-11(12)13/h11-14H,5-10H2,1-4H3/t11-,12-,13?,14?,18+/m1/s1. The van der Waals surface area contributed by atoms with E-state index in [0.717, 1.165) is 19.3 Å². The van der Waals surface area contributed by atoms with E-state index in [0.29, 0.717) is 31.5 Å². The SMILES string of the molecule is CCOC(=O)C1CC(=O)[C@@H]2COC(C)(C)C3CC[C@@]1(C)C[C@@H]32. The van der Waals surface area contributed by atoms with E-state index in [2.05, 4.69) is 20.8 Å². The van der Waals surface area contributed by atoms with E-state index >= 15 is 0 Å². The molecule has 124 valence electrons. The van der Waals surface area contributed by atoms with Gasteiger partial charge in [-0.05, 0) is 57.3 Å². The molecule has 5 atom stereocenters. The molecule has 3 rings (SSSR count). The van der Waals surface area contributed by atoms with Crippen molar-refractivity contribution in [1.82, 2.24) is 0 Å². The highest BCUT2D eigenvalue weighted by molar-refractivity contribution is 5.87. The zero-order valence-corrected chi connectivity index (χ0v) is 14.2. The molecule has 1 saturated heterocycles. The van der Waals surface area contributed by atoms with Gasteiger partial charge in [0.1, 0.15) is 5.78 Å². The Balaban J connectivity index is 1.94. The molecule has 0 N–H and O–H groups in total. The highest BCUT2D eigenvalue weighted by Gasteiger charge is 2.57. The molecule has 22 heavy (non-hydrogen) atoms. The summed E-state index contributed by atoms with van der Waals surface area (Å²) in [5.74, 6) is 0.482. The van der Waals surface area contributed by atoms with Crippen LogP contribution in [0.25, 0.3) is 0 Å². The van der Waals surface area contributed by atoms with E-state index in [9.17, 15) is 9.59 Å². The molecule has 4 heteroatoms. The Bertz CT molecular complexity index is 483. The summed E-state index contributed by atoms with van der Waals surface area (Å²) < 4.78 is 11.3. The van der Waals surface area contributed by atoms with Gasteiger partial charge in [0.15, 0.2) is 0 Å². The molecule has 2 bridgehead atoms. The van der Waals surface area contributed by atoms with E-state index in [1.807, 2.05) is 6.92 Å². The van der Waals surface area contributed by atoms with Crippen LogP contribution in [0.2, 0.25) is 0 Å². The zero-order valence-electron chi connectivity index (χ0n) is 14.2. The minimum Gasteiger partial charge on any atom is -0.466 e. The molecule has 0 spiro atoms. The molecule has 0 aromatic carbocycles. The number of hydrogen-bond acceptors (Lipinski definition) is 4. The first-order valence-corrected chi connectivity index (χ1v) is 8.62. The van der Waals surface area contributed by atoms with Crippen molar-refractivity contribution >= 4 is 11.8 Å². The molecule has 2 aliphatic carbocycles. The molecule has 0 amide bonds. The fourth-order valence-corrected chi connectivity index (χ4v) is 5.16. The summed E-state index contributed by atoms with van der Waals surface area (Å²) in [6.07, 6.45) is 3.29. The number of rotatable bonds is 2. The molecule has 3 aliphatic rings. The third kappa shape index (κ3) is 2.40. The predicted octanol–water partition coefficient (Wildman–Crippen LogP) is 2.99. The Morgan fingerprint density at radius 1 is 1.36 bits per heavy atom. The molecule has 3 fully saturated rings. The minimum atomic E-state index is -0.283. The summed E-state index contributed by atoms with van der Waals surface area (Å²) >= 11 is 0. The molecule has 2 saturated carbocycles. The third-order valence-electron chi connectivity index (χ3n) is 6.52. The van der Waals surface area contributed by atoms with Crippen molar-refractivity contribution in [1.29, 1.82) is 0 Å². The Labute approximate surface area is 132 Å². The van der Waals surface area contributed by atoms with Crippen LogP contribution in [0.5, 0.6) is 0 Å². The van der Waals surface area contributed by atoms with Gasteiger partial charge in [-0.1, -0.05) is 6.92 Å². The molecule has 1 aliphatic heterocycles. The van der Waals surface area contributed by atoms with Gasteiger partial charge in [-0.25, -0.2) is 0 Å². The predicted molar refractivity (Wildman–Crippen MR) is 82.2 cm³/mol. The molecule has 0 aromatic rings. The number of carbonyl (C=O) groups is 2. The third-order valence-corrected chi connectivity index (χ3v) is 6.52. The largest absolute Gasteiger partial charge is 0.466 e. The number of ketones is 1. The first kappa shape index (κ1) is 16.0. The van der Waals surface area contributed by atoms with E-state index in [4.69, 9.17) is 9.47 Å². The summed E-state index contributed by atoms with van der Waals surface area (Å²) in [6, 6.07) is 0. The molecular formula is C18H28O4. The number of fused-ring (bicyclic) bond motifs is 1. The topological polar surface area (TPSA) is 52.6 Å². The van der Waals surface area contributed by atoms with Gasteiger partial charge in [-0.15, -0.1) is 0 Å². The highest BCUT2D eigenvalue weighted by atomic mass is 16.5. The number of esters is 1. The van der Waals surface area contributed by atoms with Gasteiger partial charge in [0.25, 0.3) is 0 Å². The summed E-state index contributed by atoms with van der Waals surface area (Å²) in [5, 5.41) is 0. The number of carbonyl (C=O) groups excluding carboxylic acids is 2. The molecule has 0 radical (unpaired) electrons. The molecule has 0 aromatic heterocycles. The van der Waals surface area contributed by atoms with E-state index in [1.54, 1.807) is 0 Å². The Morgan fingerprint density at radius 2 is 2.09 bits per heavy atom. The highest BCUT2D eigenvalue weighted by Crippen LogP contribution is 2.57.